The van der Waals surface area contributed by atoms with Gasteiger partial charge in [-0.05, 0) is 26.0 Å². The highest BCUT2D eigenvalue weighted by Crippen LogP contribution is 2.21. The number of hydrogen-bond donors (Lipinski definition) is 2. The monoisotopic (exact) mass is 318 g/mol. The Kier molecular flexibility index (Phi) is 7.36. The van der Waals surface area contributed by atoms with Crippen LogP contribution in [0.2, 0.25) is 0 Å². The molecule has 1 aromatic carbocycles. The Morgan fingerprint density at radius 1 is 1.30 bits per heavy atom. The molecule has 128 valence electrons. The number of nitrogens with two attached hydrogens (primary N) is 1. The second kappa shape index (κ2) is 9.53. The molecule has 0 unspecified atom stereocenters. The predicted molar refractivity (Wildman–Crippen MR) is 96.8 cm³/mol. The number of likely N-dealkylation sites (N-methyl/N-ethyl adjacent to an activating group) is 1. The summed E-state index contributed by atoms with van der Waals surface area (Å²) < 4.78 is 5.20. The lowest BCUT2D eigenvalue weighted by atomic mass is 9.94. The van der Waals surface area contributed by atoms with Crippen molar-refractivity contribution in [2.24, 2.45) is 10.7 Å². The number of hydrogen-bond acceptors (Lipinski definition) is 3. The van der Waals surface area contributed by atoms with Crippen molar-refractivity contribution < 1.29 is 4.74 Å². The minimum atomic E-state index is 0.464. The molecule has 2 rings (SSSR count). The van der Waals surface area contributed by atoms with E-state index >= 15 is 0 Å². The van der Waals surface area contributed by atoms with Crippen molar-refractivity contribution in [3.63, 3.8) is 0 Å². The van der Waals surface area contributed by atoms with Gasteiger partial charge in [-0.1, -0.05) is 37.5 Å². The van der Waals surface area contributed by atoms with Crippen LogP contribution in [0.1, 0.15) is 37.7 Å². The summed E-state index contributed by atoms with van der Waals surface area (Å²) in [5.41, 5.74) is 8.05. The maximum absolute atomic E-state index is 6.02. The third-order valence-corrected chi connectivity index (χ3v) is 4.51. The Labute approximate surface area is 139 Å². The van der Waals surface area contributed by atoms with Crippen LogP contribution in [-0.4, -0.2) is 44.1 Å². The van der Waals surface area contributed by atoms with Gasteiger partial charge in [0.25, 0.3) is 0 Å². The minimum Gasteiger partial charge on any atom is -0.380 e. The average molecular weight is 318 g/mol. The molecule has 1 aromatic rings. The molecule has 1 fully saturated rings. The van der Waals surface area contributed by atoms with Crippen molar-refractivity contribution in [3.8, 4) is 0 Å². The van der Waals surface area contributed by atoms with Crippen LogP contribution in [0.4, 0.5) is 5.69 Å². The van der Waals surface area contributed by atoms with Gasteiger partial charge in [-0.15, -0.1) is 0 Å². The molecule has 0 radical (unpaired) electrons. The van der Waals surface area contributed by atoms with E-state index in [9.17, 15) is 0 Å². The van der Waals surface area contributed by atoms with Crippen molar-refractivity contribution >= 4 is 11.6 Å². The summed E-state index contributed by atoms with van der Waals surface area (Å²) in [4.78, 5) is 6.88. The van der Waals surface area contributed by atoms with Gasteiger partial charge < -0.3 is 20.7 Å². The van der Waals surface area contributed by atoms with Crippen molar-refractivity contribution in [1.29, 1.82) is 0 Å². The molecule has 3 N–H and O–H groups in total. The van der Waals surface area contributed by atoms with E-state index in [1.807, 2.05) is 24.3 Å². The highest BCUT2D eigenvalue weighted by molar-refractivity contribution is 5.92. The first kappa shape index (κ1) is 17.8. The summed E-state index contributed by atoms with van der Waals surface area (Å²) >= 11 is 0. The smallest absolute Gasteiger partial charge is 0.193 e. The molecule has 0 saturated heterocycles. The lowest BCUT2D eigenvalue weighted by molar-refractivity contribution is 0.185. The standard InChI is InChI=1S/C18H30N4O/c1-22(16-9-4-3-5-10-16)13-12-20-18(19)21-17-11-7-6-8-15(17)14-23-2/h6-8,11,16H,3-5,9-10,12-14H2,1-2H3,(H3,19,20,21). The Bertz CT molecular complexity index is 498. The van der Waals surface area contributed by atoms with Gasteiger partial charge in [0, 0.05) is 30.9 Å². The number of anilines is 1. The zero-order chi connectivity index (χ0) is 16.5. The van der Waals surface area contributed by atoms with Gasteiger partial charge in [0.2, 0.25) is 0 Å². The second-order valence-electron chi connectivity index (χ2n) is 6.25. The van der Waals surface area contributed by atoms with Crippen LogP contribution >= 0.6 is 0 Å². The molecule has 1 aliphatic rings. The summed E-state index contributed by atoms with van der Waals surface area (Å²) in [6, 6.07) is 8.70. The van der Waals surface area contributed by atoms with E-state index in [2.05, 4.69) is 22.3 Å². The topological polar surface area (TPSA) is 62.9 Å². The van der Waals surface area contributed by atoms with Crippen LogP contribution in [0.25, 0.3) is 0 Å². The lowest BCUT2D eigenvalue weighted by Crippen LogP contribution is -2.35. The zero-order valence-electron chi connectivity index (χ0n) is 14.4. The van der Waals surface area contributed by atoms with E-state index in [4.69, 9.17) is 10.5 Å². The molecule has 0 heterocycles. The van der Waals surface area contributed by atoms with Crippen LogP contribution in [-0.2, 0) is 11.3 Å². The Morgan fingerprint density at radius 2 is 2.04 bits per heavy atom. The van der Waals surface area contributed by atoms with Crippen LogP contribution in [0, 0.1) is 0 Å². The molecule has 0 bridgehead atoms. The summed E-state index contributed by atoms with van der Waals surface area (Å²) in [7, 11) is 3.89. The van der Waals surface area contributed by atoms with Crippen LogP contribution < -0.4 is 11.1 Å². The summed E-state index contributed by atoms with van der Waals surface area (Å²) in [5, 5.41) is 3.18. The van der Waals surface area contributed by atoms with Gasteiger partial charge in [-0.25, -0.2) is 0 Å². The molecule has 5 nitrogen and oxygen atoms in total. The van der Waals surface area contributed by atoms with E-state index in [0.29, 0.717) is 12.6 Å². The zero-order valence-corrected chi connectivity index (χ0v) is 14.4. The predicted octanol–water partition coefficient (Wildman–Crippen LogP) is 2.82. The molecular weight excluding hydrogens is 288 g/mol. The van der Waals surface area contributed by atoms with E-state index in [1.54, 1.807) is 7.11 Å². The number of nitrogens with one attached hydrogen (secondary N) is 1. The first-order chi connectivity index (χ1) is 11.2. The van der Waals surface area contributed by atoms with Crippen molar-refractivity contribution in [1.82, 2.24) is 4.90 Å². The summed E-state index contributed by atoms with van der Waals surface area (Å²) in [6.07, 6.45) is 6.74. The van der Waals surface area contributed by atoms with Gasteiger partial charge >= 0.3 is 0 Å². The Morgan fingerprint density at radius 3 is 2.78 bits per heavy atom. The van der Waals surface area contributed by atoms with E-state index in [-0.39, 0.29) is 0 Å². The fourth-order valence-electron chi connectivity index (χ4n) is 3.13. The van der Waals surface area contributed by atoms with Crippen LogP contribution in [0.3, 0.4) is 0 Å². The fraction of sp³-hybridized carbons (Fsp3) is 0.611. The molecule has 0 aromatic heterocycles. The Hall–Kier alpha value is -1.59. The SMILES string of the molecule is COCc1ccccc1NC(N)=NCCN(C)C1CCCCC1. The number of methoxy groups -OCH3 is 1. The number of aliphatic imine (C=N–C) groups is 1. The summed E-state index contributed by atoms with van der Waals surface area (Å²) in [6.45, 7) is 2.23. The molecule has 5 heteroatoms. The molecule has 0 atom stereocenters. The molecule has 23 heavy (non-hydrogen) atoms. The van der Waals surface area contributed by atoms with E-state index < -0.39 is 0 Å². The highest BCUT2D eigenvalue weighted by Gasteiger charge is 2.17. The Balaban J connectivity index is 1.81. The number of benzene rings is 1. The maximum atomic E-state index is 6.02. The van der Waals surface area contributed by atoms with Gasteiger partial charge in [-0.2, -0.15) is 0 Å². The third-order valence-electron chi connectivity index (χ3n) is 4.51. The van der Waals surface area contributed by atoms with Gasteiger partial charge in [0.05, 0.1) is 13.2 Å². The van der Waals surface area contributed by atoms with Crippen LogP contribution in [0.5, 0.6) is 0 Å². The fourth-order valence-corrected chi connectivity index (χ4v) is 3.13. The van der Waals surface area contributed by atoms with E-state index in [1.165, 1.54) is 32.1 Å². The third kappa shape index (κ3) is 5.84. The lowest BCUT2D eigenvalue weighted by Gasteiger charge is -2.30. The normalized spacial score (nSPS) is 16.7. The number of para-hydroxylation sites is 1. The van der Waals surface area contributed by atoms with E-state index in [0.717, 1.165) is 30.4 Å². The highest BCUT2D eigenvalue weighted by atomic mass is 16.5. The molecular formula is C18H30N4O. The largest absolute Gasteiger partial charge is 0.380 e. The maximum Gasteiger partial charge on any atom is 0.193 e. The molecule has 0 aliphatic heterocycles. The van der Waals surface area contributed by atoms with Crippen molar-refractivity contribution in [2.75, 3.05) is 32.6 Å². The second-order valence-corrected chi connectivity index (χ2v) is 6.25. The number of guanidine groups is 1. The summed E-state index contributed by atoms with van der Waals surface area (Å²) in [5.74, 6) is 0.464. The van der Waals surface area contributed by atoms with Crippen molar-refractivity contribution in [3.05, 3.63) is 29.8 Å². The average Bonchev–Trinajstić information content (AvgIpc) is 2.57. The number of ether oxygens (including phenoxy) is 1. The van der Waals surface area contributed by atoms with Gasteiger partial charge in [0.15, 0.2) is 5.96 Å². The molecule has 1 aliphatic carbocycles. The van der Waals surface area contributed by atoms with Crippen molar-refractivity contribution in [2.45, 2.75) is 44.8 Å². The number of nitrogens with zero attached hydrogens (tertiary/aromatic N) is 2. The molecule has 1 saturated carbocycles. The van der Waals surface area contributed by atoms with Gasteiger partial charge in [-0.3, -0.25) is 4.99 Å². The van der Waals surface area contributed by atoms with Crippen LogP contribution in [0.15, 0.2) is 29.3 Å². The molecule has 0 amide bonds. The first-order valence-corrected chi connectivity index (χ1v) is 8.54. The quantitative estimate of drug-likeness (QED) is 0.599. The number of rotatable bonds is 7. The molecule has 0 spiro atoms. The van der Waals surface area contributed by atoms with Gasteiger partial charge in [0.1, 0.15) is 0 Å². The minimum absolute atomic E-state index is 0.464. The first-order valence-electron chi connectivity index (χ1n) is 8.54.